The summed E-state index contributed by atoms with van der Waals surface area (Å²) in [5, 5.41) is 11.8. The second-order valence-electron chi connectivity index (χ2n) is 8.21. The van der Waals surface area contributed by atoms with Crippen LogP contribution in [0.3, 0.4) is 0 Å². The van der Waals surface area contributed by atoms with Crippen molar-refractivity contribution in [3.8, 4) is 22.6 Å². The van der Waals surface area contributed by atoms with E-state index in [1.54, 1.807) is 12.4 Å². The smallest absolute Gasteiger partial charge is 0.170 e. The summed E-state index contributed by atoms with van der Waals surface area (Å²) in [6, 6.07) is 9.06. The third kappa shape index (κ3) is 2.84. The maximum Gasteiger partial charge on any atom is 0.170 e. The summed E-state index contributed by atoms with van der Waals surface area (Å²) in [5.41, 5.74) is 3.91. The Morgan fingerprint density at radius 2 is 1.97 bits per heavy atom. The summed E-state index contributed by atoms with van der Waals surface area (Å²) >= 11 is 0. The average molecular weight is 432 g/mol. The molecular formula is C23H21FN6O2. The van der Waals surface area contributed by atoms with Crippen molar-refractivity contribution in [1.82, 2.24) is 19.6 Å². The van der Waals surface area contributed by atoms with Gasteiger partial charge in [0.15, 0.2) is 17.2 Å². The average Bonchev–Trinajstić information content (AvgIpc) is 3.45. The first-order valence-electron chi connectivity index (χ1n) is 10.4. The Bertz CT molecular complexity index is 1330. The van der Waals surface area contributed by atoms with Gasteiger partial charge in [-0.2, -0.15) is 0 Å². The van der Waals surface area contributed by atoms with E-state index in [9.17, 15) is 4.39 Å². The number of hydrogen-bond donors (Lipinski definition) is 1. The second kappa shape index (κ2) is 7.08. The largest absolute Gasteiger partial charge is 0.493 e. The number of hydrogen-bond acceptors (Lipinski definition) is 7. The van der Waals surface area contributed by atoms with E-state index in [2.05, 4.69) is 20.5 Å². The van der Waals surface area contributed by atoms with Crippen molar-refractivity contribution in [2.45, 2.75) is 12.5 Å². The number of rotatable bonds is 2. The van der Waals surface area contributed by atoms with Gasteiger partial charge in [0.1, 0.15) is 23.7 Å². The van der Waals surface area contributed by atoms with Crippen molar-refractivity contribution < 1.29 is 13.9 Å². The lowest BCUT2D eigenvalue weighted by molar-refractivity contribution is 0.249. The van der Waals surface area contributed by atoms with E-state index in [0.717, 1.165) is 28.3 Å². The molecule has 0 aliphatic carbocycles. The number of nitrogens with zero attached hydrogens (tertiary/aromatic N) is 5. The normalized spacial score (nSPS) is 16.7. The zero-order valence-electron chi connectivity index (χ0n) is 17.7. The molecule has 2 aliphatic heterocycles. The SMILES string of the molecule is CN(C)c1ccc(-c2cc3c(n4cnnc24)NCc2c(F)ccc4c2[C@@H](CO4)CO3)cn1. The fraction of sp³-hybridized carbons (Fsp3) is 0.261. The van der Waals surface area contributed by atoms with Gasteiger partial charge in [-0.15, -0.1) is 10.2 Å². The van der Waals surface area contributed by atoms with Crippen LogP contribution >= 0.6 is 0 Å². The Morgan fingerprint density at radius 3 is 2.75 bits per heavy atom. The monoisotopic (exact) mass is 432 g/mol. The zero-order valence-corrected chi connectivity index (χ0v) is 17.7. The van der Waals surface area contributed by atoms with Crippen LogP contribution in [0.1, 0.15) is 17.0 Å². The Morgan fingerprint density at radius 1 is 1.12 bits per heavy atom. The van der Waals surface area contributed by atoms with E-state index in [1.807, 2.05) is 47.8 Å². The number of nitrogens with one attached hydrogen (secondary N) is 1. The molecule has 6 rings (SSSR count). The maximum atomic E-state index is 14.7. The topological polar surface area (TPSA) is 76.8 Å². The molecule has 0 radical (unpaired) electrons. The van der Waals surface area contributed by atoms with E-state index in [4.69, 9.17) is 9.47 Å². The summed E-state index contributed by atoms with van der Waals surface area (Å²) in [6.07, 6.45) is 3.45. The Balaban J connectivity index is 1.47. The van der Waals surface area contributed by atoms with E-state index in [1.165, 1.54) is 6.07 Å². The van der Waals surface area contributed by atoms with Gasteiger partial charge in [0.2, 0.25) is 0 Å². The summed E-state index contributed by atoms with van der Waals surface area (Å²) in [7, 11) is 3.90. The number of ether oxygens (including phenoxy) is 2. The third-order valence-electron chi connectivity index (χ3n) is 6.04. The molecule has 4 aromatic rings. The molecule has 1 atom stereocenters. The van der Waals surface area contributed by atoms with Gasteiger partial charge in [-0.1, -0.05) is 0 Å². The summed E-state index contributed by atoms with van der Waals surface area (Å²) in [4.78, 5) is 6.48. The molecule has 1 aromatic carbocycles. The quantitative estimate of drug-likeness (QED) is 0.520. The molecule has 0 unspecified atom stereocenters. The summed E-state index contributed by atoms with van der Waals surface area (Å²) in [5.74, 6) is 2.63. The van der Waals surface area contributed by atoms with Crippen LogP contribution in [0, 0.1) is 5.82 Å². The molecule has 9 heteroatoms. The summed E-state index contributed by atoms with van der Waals surface area (Å²) < 4.78 is 28.6. The van der Waals surface area contributed by atoms with Crippen molar-refractivity contribution in [2.24, 2.45) is 0 Å². The molecule has 0 saturated heterocycles. The number of benzene rings is 1. The Labute approximate surface area is 183 Å². The van der Waals surface area contributed by atoms with Crippen molar-refractivity contribution >= 4 is 17.3 Å². The lowest BCUT2D eigenvalue weighted by atomic mass is 9.96. The van der Waals surface area contributed by atoms with Crippen molar-refractivity contribution in [3.63, 3.8) is 0 Å². The van der Waals surface area contributed by atoms with Gasteiger partial charge in [-0.3, -0.25) is 4.40 Å². The minimum atomic E-state index is -0.251. The fourth-order valence-corrected chi connectivity index (χ4v) is 4.41. The molecule has 0 spiro atoms. The summed E-state index contributed by atoms with van der Waals surface area (Å²) in [6.45, 7) is 1.15. The number of pyridine rings is 2. The highest BCUT2D eigenvalue weighted by Crippen LogP contribution is 2.41. The molecule has 0 amide bonds. The molecule has 2 aliphatic rings. The zero-order chi connectivity index (χ0) is 21.8. The predicted octanol–water partition coefficient (Wildman–Crippen LogP) is 3.48. The molecule has 162 valence electrons. The third-order valence-corrected chi connectivity index (χ3v) is 6.04. The second-order valence-corrected chi connectivity index (χ2v) is 8.21. The van der Waals surface area contributed by atoms with Crippen LogP contribution in [0.4, 0.5) is 16.0 Å². The molecule has 0 fully saturated rings. The van der Waals surface area contributed by atoms with E-state index in [0.29, 0.717) is 42.5 Å². The minimum Gasteiger partial charge on any atom is -0.493 e. The Kier molecular flexibility index (Phi) is 4.17. The minimum absolute atomic E-state index is 0.0375. The number of anilines is 2. The van der Waals surface area contributed by atoms with Crippen LogP contribution in [0.25, 0.3) is 16.8 Å². The number of fused-ring (bicyclic) bond motifs is 3. The van der Waals surface area contributed by atoms with Crippen LogP contribution in [0.2, 0.25) is 0 Å². The maximum absolute atomic E-state index is 14.7. The molecule has 1 N–H and O–H groups in total. The molecular weight excluding hydrogens is 411 g/mol. The van der Waals surface area contributed by atoms with Crippen LogP contribution < -0.4 is 19.7 Å². The van der Waals surface area contributed by atoms with E-state index < -0.39 is 0 Å². The van der Waals surface area contributed by atoms with E-state index in [-0.39, 0.29) is 11.7 Å². The molecule has 0 saturated carbocycles. The number of aromatic nitrogens is 4. The highest BCUT2D eigenvalue weighted by molar-refractivity contribution is 5.82. The van der Waals surface area contributed by atoms with Gasteiger partial charge in [0.05, 0.1) is 19.1 Å². The van der Waals surface area contributed by atoms with Gasteiger partial charge >= 0.3 is 0 Å². The van der Waals surface area contributed by atoms with Crippen molar-refractivity contribution in [1.29, 1.82) is 0 Å². The highest BCUT2D eigenvalue weighted by Gasteiger charge is 2.31. The van der Waals surface area contributed by atoms with E-state index >= 15 is 0 Å². The molecule has 3 aromatic heterocycles. The Hall–Kier alpha value is -3.88. The molecule has 5 heterocycles. The fourth-order valence-electron chi connectivity index (χ4n) is 4.41. The lowest BCUT2D eigenvalue weighted by Gasteiger charge is -2.17. The van der Waals surface area contributed by atoms with Crippen molar-refractivity contribution in [3.05, 3.63) is 59.8 Å². The van der Waals surface area contributed by atoms with Crippen LogP contribution in [-0.4, -0.2) is 46.9 Å². The van der Waals surface area contributed by atoms with Gasteiger partial charge in [-0.05, 0) is 30.3 Å². The first-order valence-corrected chi connectivity index (χ1v) is 10.4. The molecule has 32 heavy (non-hydrogen) atoms. The van der Waals surface area contributed by atoms with Gasteiger partial charge in [0, 0.05) is 49.1 Å². The predicted molar refractivity (Wildman–Crippen MR) is 118 cm³/mol. The highest BCUT2D eigenvalue weighted by atomic mass is 19.1. The van der Waals surface area contributed by atoms with Crippen LogP contribution in [-0.2, 0) is 6.54 Å². The van der Waals surface area contributed by atoms with Gasteiger partial charge < -0.3 is 19.7 Å². The lowest BCUT2D eigenvalue weighted by Crippen LogP contribution is -2.13. The standard InChI is InChI=1S/C23H21FN6O2/c1-29(2)20-6-3-13(8-25-20)15-7-19-23(30-12-27-28-22(15)30)26-9-16-17(24)4-5-18-21(16)14(10-31-18)11-32-19/h3-8,12,14,26H,9-11H2,1-2H3/t14-/m0/s1. The first kappa shape index (κ1) is 18.9. The molecule has 0 bridgehead atoms. The number of halogens is 1. The van der Waals surface area contributed by atoms with Gasteiger partial charge in [0.25, 0.3) is 0 Å². The van der Waals surface area contributed by atoms with Gasteiger partial charge in [-0.25, -0.2) is 9.37 Å². The first-order chi connectivity index (χ1) is 15.6. The molecule has 8 nitrogen and oxygen atoms in total. The van der Waals surface area contributed by atoms with Crippen molar-refractivity contribution in [2.75, 3.05) is 37.5 Å². The van der Waals surface area contributed by atoms with Crippen LogP contribution in [0.15, 0.2) is 42.9 Å². The van der Waals surface area contributed by atoms with Crippen LogP contribution in [0.5, 0.6) is 11.5 Å².